The number of nitrogen functional groups attached to an aromatic ring is 1. The van der Waals surface area contributed by atoms with E-state index in [1.807, 2.05) is 12.1 Å². The van der Waals surface area contributed by atoms with Crippen LogP contribution < -0.4 is 10.6 Å². The van der Waals surface area contributed by atoms with Crippen LogP contribution in [0.25, 0.3) is 0 Å². The predicted molar refractivity (Wildman–Crippen MR) is 73.8 cm³/mol. The maximum atomic E-state index is 5.76. The lowest BCUT2D eigenvalue weighted by Crippen LogP contribution is -2.32. The van der Waals surface area contributed by atoms with E-state index in [2.05, 4.69) is 33.8 Å². The van der Waals surface area contributed by atoms with Crippen molar-refractivity contribution in [2.45, 2.75) is 26.2 Å². The van der Waals surface area contributed by atoms with Gasteiger partial charge >= 0.3 is 0 Å². The normalized spacial score (nSPS) is 15.9. The molecule has 2 rings (SSSR count). The van der Waals surface area contributed by atoms with Crippen molar-refractivity contribution in [3.63, 3.8) is 0 Å². The van der Waals surface area contributed by atoms with Crippen molar-refractivity contribution in [2.75, 3.05) is 23.7 Å². The highest BCUT2D eigenvalue weighted by Crippen LogP contribution is 2.32. The van der Waals surface area contributed by atoms with Crippen LogP contribution in [0.5, 0.6) is 0 Å². The molecule has 1 fully saturated rings. The van der Waals surface area contributed by atoms with E-state index < -0.39 is 0 Å². The third-order valence-corrected chi connectivity index (χ3v) is 4.03. The smallest absolute Gasteiger partial charge is 0.0512 e. The van der Waals surface area contributed by atoms with Crippen LogP contribution in [-0.2, 0) is 0 Å². The van der Waals surface area contributed by atoms with Crippen LogP contribution in [0.4, 0.5) is 11.4 Å². The molecule has 1 aromatic rings. The van der Waals surface area contributed by atoms with E-state index in [0.717, 1.165) is 22.6 Å². The summed E-state index contributed by atoms with van der Waals surface area (Å²) in [5.41, 5.74) is 7.84. The van der Waals surface area contributed by atoms with Gasteiger partial charge in [0.25, 0.3) is 0 Å². The van der Waals surface area contributed by atoms with Crippen molar-refractivity contribution in [1.82, 2.24) is 0 Å². The van der Waals surface area contributed by atoms with Crippen molar-refractivity contribution in [3.8, 4) is 0 Å². The van der Waals surface area contributed by atoms with Crippen molar-refractivity contribution < 1.29 is 0 Å². The Bertz CT molecular complexity index is 361. The summed E-state index contributed by atoms with van der Waals surface area (Å²) in [6, 6.07) is 6.07. The second kappa shape index (κ2) is 5.09. The minimum absolute atomic E-state index is 0.815. The monoisotopic (exact) mass is 282 g/mol. The number of nitrogens with zero attached hydrogens (tertiary/aromatic N) is 1. The molecule has 0 amide bonds. The Morgan fingerprint density at radius 2 is 2.19 bits per heavy atom. The van der Waals surface area contributed by atoms with E-state index in [1.54, 1.807) is 0 Å². The Kier molecular flexibility index (Phi) is 3.74. The lowest BCUT2D eigenvalue weighted by atomic mass is 9.85. The van der Waals surface area contributed by atoms with Gasteiger partial charge < -0.3 is 10.6 Å². The van der Waals surface area contributed by atoms with Gasteiger partial charge in [0.2, 0.25) is 0 Å². The first-order valence-electron chi connectivity index (χ1n) is 6.00. The van der Waals surface area contributed by atoms with Gasteiger partial charge in [0.05, 0.1) is 5.69 Å². The summed E-state index contributed by atoms with van der Waals surface area (Å²) < 4.78 is 1.11. The van der Waals surface area contributed by atoms with Gasteiger partial charge in [-0.25, -0.2) is 0 Å². The summed E-state index contributed by atoms with van der Waals surface area (Å²) in [5, 5.41) is 0. The summed E-state index contributed by atoms with van der Waals surface area (Å²) in [5.74, 6) is 0.893. The van der Waals surface area contributed by atoms with Crippen molar-refractivity contribution in [1.29, 1.82) is 0 Å². The first kappa shape index (κ1) is 11.8. The molecule has 0 aliphatic heterocycles. The van der Waals surface area contributed by atoms with Crippen LogP contribution in [0, 0.1) is 5.92 Å². The average Bonchev–Trinajstić information content (AvgIpc) is 2.18. The summed E-state index contributed by atoms with van der Waals surface area (Å²) in [7, 11) is 0. The van der Waals surface area contributed by atoms with E-state index in [9.17, 15) is 0 Å². The van der Waals surface area contributed by atoms with E-state index in [1.165, 1.54) is 31.5 Å². The zero-order valence-electron chi connectivity index (χ0n) is 9.75. The van der Waals surface area contributed by atoms with E-state index in [-0.39, 0.29) is 0 Å². The lowest BCUT2D eigenvalue weighted by Gasteiger charge is -2.33. The maximum absolute atomic E-state index is 5.76. The number of hydrogen-bond acceptors (Lipinski definition) is 2. The summed E-state index contributed by atoms with van der Waals surface area (Å²) in [4.78, 5) is 2.44. The minimum Gasteiger partial charge on any atom is -0.399 e. The van der Waals surface area contributed by atoms with Crippen LogP contribution in [0.3, 0.4) is 0 Å². The molecule has 0 heterocycles. The van der Waals surface area contributed by atoms with Gasteiger partial charge in [0.15, 0.2) is 0 Å². The Balaban J connectivity index is 2.11. The zero-order valence-corrected chi connectivity index (χ0v) is 11.3. The number of hydrogen-bond donors (Lipinski definition) is 1. The van der Waals surface area contributed by atoms with Crippen LogP contribution in [0.15, 0.2) is 22.7 Å². The van der Waals surface area contributed by atoms with Gasteiger partial charge in [-0.2, -0.15) is 0 Å². The third kappa shape index (κ3) is 2.51. The van der Waals surface area contributed by atoms with Gasteiger partial charge in [-0.3, -0.25) is 0 Å². The highest BCUT2D eigenvalue weighted by Gasteiger charge is 2.21. The molecule has 0 aromatic heterocycles. The SMILES string of the molecule is CCN(CC1CCC1)c1ccc(N)cc1Br. The standard InChI is InChI=1S/C13H19BrN2/c1-2-16(9-10-4-3-5-10)13-7-6-11(15)8-12(13)14/h6-8,10H,2-5,9,15H2,1H3. The molecule has 2 nitrogen and oxygen atoms in total. The summed E-state index contributed by atoms with van der Waals surface area (Å²) >= 11 is 3.60. The summed E-state index contributed by atoms with van der Waals surface area (Å²) in [6.45, 7) is 4.44. The molecule has 1 aromatic carbocycles. The maximum Gasteiger partial charge on any atom is 0.0512 e. The second-order valence-corrected chi connectivity index (χ2v) is 5.40. The fraction of sp³-hybridized carbons (Fsp3) is 0.538. The van der Waals surface area contributed by atoms with E-state index >= 15 is 0 Å². The molecule has 0 radical (unpaired) electrons. The van der Waals surface area contributed by atoms with Gasteiger partial charge in [-0.05, 0) is 59.8 Å². The van der Waals surface area contributed by atoms with E-state index in [4.69, 9.17) is 5.73 Å². The highest BCUT2D eigenvalue weighted by molar-refractivity contribution is 9.10. The lowest BCUT2D eigenvalue weighted by molar-refractivity contribution is 0.318. The van der Waals surface area contributed by atoms with Crippen molar-refractivity contribution >= 4 is 27.3 Å². The first-order chi connectivity index (χ1) is 7.70. The molecule has 1 aliphatic carbocycles. The molecule has 0 bridgehead atoms. The number of nitrogens with two attached hydrogens (primary N) is 1. The fourth-order valence-electron chi connectivity index (χ4n) is 2.16. The Hall–Kier alpha value is -0.700. The van der Waals surface area contributed by atoms with Crippen LogP contribution in [0.2, 0.25) is 0 Å². The Morgan fingerprint density at radius 1 is 1.44 bits per heavy atom. The minimum atomic E-state index is 0.815. The molecule has 1 aliphatic rings. The molecular formula is C13H19BrN2. The van der Waals surface area contributed by atoms with Crippen LogP contribution in [0.1, 0.15) is 26.2 Å². The number of halogens is 1. The molecule has 16 heavy (non-hydrogen) atoms. The second-order valence-electron chi connectivity index (χ2n) is 4.55. The molecule has 0 unspecified atom stereocenters. The molecule has 88 valence electrons. The van der Waals surface area contributed by atoms with Gasteiger partial charge in [-0.1, -0.05) is 6.42 Å². The Morgan fingerprint density at radius 3 is 2.69 bits per heavy atom. The van der Waals surface area contributed by atoms with Gasteiger partial charge in [0.1, 0.15) is 0 Å². The molecule has 0 atom stereocenters. The molecular weight excluding hydrogens is 264 g/mol. The summed E-state index contributed by atoms with van der Waals surface area (Å²) in [6.07, 6.45) is 4.19. The van der Waals surface area contributed by atoms with Crippen LogP contribution >= 0.6 is 15.9 Å². The highest BCUT2D eigenvalue weighted by atomic mass is 79.9. The van der Waals surface area contributed by atoms with Crippen molar-refractivity contribution in [2.24, 2.45) is 5.92 Å². The molecule has 0 saturated heterocycles. The Labute approximate surface area is 106 Å². The quantitative estimate of drug-likeness (QED) is 0.854. The molecule has 2 N–H and O–H groups in total. The largest absolute Gasteiger partial charge is 0.399 e. The molecule has 3 heteroatoms. The molecule has 0 spiro atoms. The average molecular weight is 283 g/mol. The fourth-order valence-corrected chi connectivity index (χ4v) is 2.81. The van der Waals surface area contributed by atoms with Crippen LogP contribution in [-0.4, -0.2) is 13.1 Å². The topological polar surface area (TPSA) is 29.3 Å². The first-order valence-corrected chi connectivity index (χ1v) is 6.80. The number of benzene rings is 1. The number of anilines is 2. The third-order valence-electron chi connectivity index (χ3n) is 3.40. The number of rotatable bonds is 4. The van der Waals surface area contributed by atoms with Gasteiger partial charge in [0, 0.05) is 23.2 Å². The van der Waals surface area contributed by atoms with Crippen molar-refractivity contribution in [3.05, 3.63) is 22.7 Å². The van der Waals surface area contributed by atoms with E-state index in [0.29, 0.717) is 0 Å². The zero-order chi connectivity index (χ0) is 11.5. The predicted octanol–water partition coefficient (Wildman–Crippen LogP) is 3.66. The van der Waals surface area contributed by atoms with Gasteiger partial charge in [-0.15, -0.1) is 0 Å². The molecule has 1 saturated carbocycles.